The summed E-state index contributed by atoms with van der Waals surface area (Å²) in [6, 6.07) is 2.29. The average Bonchev–Trinajstić information content (AvgIpc) is 3.52. The van der Waals surface area contributed by atoms with Crippen LogP contribution in [-0.2, 0) is 6.18 Å². The van der Waals surface area contributed by atoms with Crippen molar-refractivity contribution in [2.45, 2.75) is 37.4 Å². The van der Waals surface area contributed by atoms with Crippen LogP contribution in [0.1, 0.15) is 42.5 Å². The lowest BCUT2D eigenvalue weighted by atomic mass is 10.2. The minimum Gasteiger partial charge on any atom is -0.372 e. The van der Waals surface area contributed by atoms with Crippen molar-refractivity contribution in [1.82, 2.24) is 19.7 Å². The van der Waals surface area contributed by atoms with Crippen molar-refractivity contribution >= 4 is 17.5 Å². The Hall–Kier alpha value is -2.83. The highest BCUT2D eigenvalue weighted by atomic mass is 19.4. The molecule has 7 nitrogen and oxygen atoms in total. The van der Waals surface area contributed by atoms with E-state index in [-0.39, 0.29) is 23.7 Å². The van der Waals surface area contributed by atoms with Gasteiger partial charge in [-0.05, 0) is 19.3 Å². The van der Waals surface area contributed by atoms with Gasteiger partial charge in [-0.25, -0.2) is 4.98 Å². The van der Waals surface area contributed by atoms with E-state index in [1.54, 1.807) is 10.9 Å². The first kappa shape index (κ1) is 16.6. The summed E-state index contributed by atoms with van der Waals surface area (Å²) < 4.78 is 40.7. The quantitative estimate of drug-likeness (QED) is 0.846. The van der Waals surface area contributed by atoms with E-state index < -0.39 is 11.7 Å². The van der Waals surface area contributed by atoms with Gasteiger partial charge in [0.2, 0.25) is 5.95 Å². The van der Waals surface area contributed by atoms with Gasteiger partial charge in [0.15, 0.2) is 0 Å². The van der Waals surface area contributed by atoms with E-state index in [2.05, 4.69) is 31.8 Å². The van der Waals surface area contributed by atoms with Gasteiger partial charge in [-0.1, -0.05) is 0 Å². The molecule has 4 rings (SSSR count). The van der Waals surface area contributed by atoms with Crippen molar-refractivity contribution in [2.24, 2.45) is 5.92 Å². The van der Waals surface area contributed by atoms with Crippen molar-refractivity contribution in [3.63, 3.8) is 0 Å². The minimum absolute atomic E-state index is 0.0342. The van der Waals surface area contributed by atoms with Gasteiger partial charge in [0.25, 0.3) is 0 Å². The Morgan fingerprint density at radius 2 is 2.12 bits per heavy atom. The lowest BCUT2D eigenvalue weighted by Gasteiger charge is -2.12. The lowest BCUT2D eigenvalue weighted by Crippen LogP contribution is -2.12. The number of nitriles is 1. The van der Waals surface area contributed by atoms with Gasteiger partial charge in [0.05, 0.1) is 29.4 Å². The number of nitrogens with zero attached hydrogens (tertiary/aromatic N) is 5. The summed E-state index contributed by atoms with van der Waals surface area (Å²) in [4.78, 5) is 7.73. The van der Waals surface area contributed by atoms with Gasteiger partial charge in [0, 0.05) is 25.4 Å². The Balaban J connectivity index is 1.62. The fourth-order valence-electron chi connectivity index (χ4n) is 2.90. The summed E-state index contributed by atoms with van der Waals surface area (Å²) in [5, 5.41) is 19.0. The van der Waals surface area contributed by atoms with Crippen LogP contribution in [0.5, 0.6) is 0 Å². The van der Waals surface area contributed by atoms with Crippen LogP contribution in [0, 0.1) is 17.2 Å². The first-order valence-corrected chi connectivity index (χ1v) is 8.28. The Kier molecular flexibility index (Phi) is 3.75. The molecule has 0 aromatic carbocycles. The molecule has 2 aromatic rings. The fourth-order valence-corrected chi connectivity index (χ4v) is 2.90. The smallest absolute Gasteiger partial charge is 0.372 e. The molecule has 0 aliphatic heterocycles. The number of rotatable bonds is 5. The highest BCUT2D eigenvalue weighted by molar-refractivity contribution is 5.59. The molecule has 0 bridgehead atoms. The van der Waals surface area contributed by atoms with E-state index in [0.717, 1.165) is 31.2 Å². The number of anilines is 3. The van der Waals surface area contributed by atoms with E-state index in [1.807, 2.05) is 0 Å². The van der Waals surface area contributed by atoms with E-state index in [9.17, 15) is 13.2 Å². The van der Waals surface area contributed by atoms with Gasteiger partial charge in [0.1, 0.15) is 11.4 Å². The van der Waals surface area contributed by atoms with Crippen LogP contribution in [-0.4, -0.2) is 26.8 Å². The third kappa shape index (κ3) is 3.05. The Morgan fingerprint density at radius 1 is 1.35 bits per heavy atom. The van der Waals surface area contributed by atoms with Crippen molar-refractivity contribution in [3.05, 3.63) is 23.7 Å². The van der Waals surface area contributed by atoms with Crippen molar-refractivity contribution < 1.29 is 13.2 Å². The molecule has 0 radical (unpaired) electrons. The molecule has 2 N–H and O–H groups in total. The van der Waals surface area contributed by atoms with Crippen LogP contribution in [0.4, 0.5) is 30.6 Å². The Bertz CT molecular complexity index is 879. The monoisotopic (exact) mass is 363 g/mol. The molecule has 26 heavy (non-hydrogen) atoms. The molecule has 2 aliphatic carbocycles. The average molecular weight is 363 g/mol. The minimum atomic E-state index is -4.53. The molecular weight excluding hydrogens is 347 g/mol. The van der Waals surface area contributed by atoms with E-state index in [0.29, 0.717) is 11.6 Å². The summed E-state index contributed by atoms with van der Waals surface area (Å²) in [7, 11) is 1.38. The number of aromatic nitrogens is 4. The predicted octanol–water partition coefficient (Wildman–Crippen LogP) is 3.44. The summed E-state index contributed by atoms with van der Waals surface area (Å²) in [6.45, 7) is 0. The predicted molar refractivity (Wildman–Crippen MR) is 86.8 cm³/mol. The second-order valence-electron chi connectivity index (χ2n) is 6.55. The first-order chi connectivity index (χ1) is 12.4. The number of hydrogen-bond donors (Lipinski definition) is 2. The molecule has 136 valence electrons. The summed E-state index contributed by atoms with van der Waals surface area (Å²) in [5.41, 5.74) is 0.611. The molecule has 2 aromatic heterocycles. The molecule has 2 saturated carbocycles. The van der Waals surface area contributed by atoms with Crippen LogP contribution in [0.3, 0.4) is 0 Å². The second kappa shape index (κ2) is 5.86. The summed E-state index contributed by atoms with van der Waals surface area (Å²) in [6.07, 6.45) is 0.827. The highest BCUT2D eigenvalue weighted by Gasteiger charge is 2.41. The van der Waals surface area contributed by atoms with E-state index in [4.69, 9.17) is 5.26 Å². The molecule has 10 heteroatoms. The van der Waals surface area contributed by atoms with Gasteiger partial charge >= 0.3 is 6.18 Å². The Morgan fingerprint density at radius 3 is 2.69 bits per heavy atom. The van der Waals surface area contributed by atoms with Crippen LogP contribution in [0.15, 0.2) is 12.4 Å². The molecular formula is C16H16F3N7. The molecule has 2 aliphatic rings. The fraction of sp³-hybridized carbons (Fsp3) is 0.500. The maximum absolute atomic E-state index is 13.0. The van der Waals surface area contributed by atoms with Gasteiger partial charge in [-0.15, -0.1) is 0 Å². The summed E-state index contributed by atoms with van der Waals surface area (Å²) in [5.74, 6) is 0.0720. The molecule has 0 amide bonds. The maximum atomic E-state index is 13.0. The van der Waals surface area contributed by atoms with E-state index >= 15 is 0 Å². The number of halogens is 3. The number of hydrogen-bond acceptors (Lipinski definition) is 6. The van der Waals surface area contributed by atoms with Crippen LogP contribution >= 0.6 is 0 Å². The topological polar surface area (TPSA) is 91.5 Å². The first-order valence-electron chi connectivity index (χ1n) is 8.28. The lowest BCUT2D eigenvalue weighted by molar-refractivity contribution is -0.137. The van der Waals surface area contributed by atoms with Crippen LogP contribution < -0.4 is 10.6 Å². The van der Waals surface area contributed by atoms with Crippen LogP contribution in [0.25, 0.3) is 0 Å². The van der Waals surface area contributed by atoms with Gasteiger partial charge in [-0.2, -0.15) is 28.5 Å². The third-order valence-electron chi connectivity index (χ3n) is 4.56. The van der Waals surface area contributed by atoms with Crippen LogP contribution in [0.2, 0.25) is 0 Å². The zero-order valence-corrected chi connectivity index (χ0v) is 13.9. The standard InChI is InChI=1S/C16H16F3N7/c1-21-14-10(16(17,18)19)6-22-15(24-14)23-11-7-26(12-4-9(12)5-20)25-13(11)8-2-3-8/h6-9,12H,2-4H2,1H3,(H2,21,22,23,24). The van der Waals surface area contributed by atoms with Crippen molar-refractivity contribution in [2.75, 3.05) is 17.7 Å². The third-order valence-corrected chi connectivity index (χ3v) is 4.56. The summed E-state index contributed by atoms with van der Waals surface area (Å²) >= 11 is 0. The maximum Gasteiger partial charge on any atom is 0.421 e. The Labute approximate surface area is 147 Å². The molecule has 0 spiro atoms. The number of alkyl halides is 3. The largest absolute Gasteiger partial charge is 0.421 e. The second-order valence-corrected chi connectivity index (χ2v) is 6.55. The van der Waals surface area contributed by atoms with E-state index in [1.165, 1.54) is 7.05 Å². The molecule has 2 unspecified atom stereocenters. The zero-order valence-electron chi connectivity index (χ0n) is 13.9. The highest BCUT2D eigenvalue weighted by Crippen LogP contribution is 2.47. The van der Waals surface area contributed by atoms with Crippen molar-refractivity contribution in [3.8, 4) is 6.07 Å². The SMILES string of the molecule is CNc1nc(Nc2cn(C3CC3C#N)nc2C2CC2)ncc1C(F)(F)F. The number of nitrogens with one attached hydrogen (secondary N) is 2. The molecule has 2 fully saturated rings. The van der Waals surface area contributed by atoms with Gasteiger partial charge < -0.3 is 10.6 Å². The zero-order chi connectivity index (χ0) is 18.5. The normalized spacial score (nSPS) is 22.0. The van der Waals surface area contributed by atoms with Crippen molar-refractivity contribution in [1.29, 1.82) is 5.26 Å². The molecule has 2 heterocycles. The van der Waals surface area contributed by atoms with Gasteiger partial charge in [-0.3, -0.25) is 4.68 Å². The molecule has 0 saturated heterocycles. The molecule has 2 atom stereocenters.